The molecule has 0 N–H and O–H groups in total. The van der Waals surface area contributed by atoms with Crippen molar-refractivity contribution in [2.24, 2.45) is 0 Å². The second kappa shape index (κ2) is 17.6. The van der Waals surface area contributed by atoms with Gasteiger partial charge in [-0.25, -0.2) is 19.9 Å². The Morgan fingerprint density at radius 2 is 0.611 bits per heavy atom. The third-order valence-corrected chi connectivity index (χ3v) is 14.2. The molecule has 0 unspecified atom stereocenters. The number of para-hydroxylation sites is 4. The Bertz CT molecular complexity index is 3820. The predicted molar refractivity (Wildman–Crippen MR) is 297 cm³/mol. The van der Waals surface area contributed by atoms with Crippen LogP contribution in [0, 0.1) is 0 Å². The molecule has 13 rings (SSSR count). The van der Waals surface area contributed by atoms with Crippen molar-refractivity contribution in [3.8, 4) is 78.4 Å². The van der Waals surface area contributed by atoms with Crippen LogP contribution in [0.3, 0.4) is 0 Å². The van der Waals surface area contributed by atoms with E-state index >= 15 is 0 Å². The van der Waals surface area contributed by atoms with E-state index in [1.165, 1.54) is 22.3 Å². The minimum atomic E-state index is -0.174. The fraction of sp³-hybridized carbons (Fsp3) is 0.0448. The molecule has 340 valence electrons. The highest BCUT2D eigenvalue weighted by Gasteiger charge is 2.36. The molecule has 1 aliphatic rings. The lowest BCUT2D eigenvalue weighted by Gasteiger charge is -2.29. The summed E-state index contributed by atoms with van der Waals surface area (Å²) in [5.41, 5.74) is 23.6. The minimum absolute atomic E-state index is 0.174. The number of hydrogen-bond donors (Lipinski definition) is 0. The highest BCUT2D eigenvalue weighted by molar-refractivity contribution is 5.91. The molecule has 0 saturated heterocycles. The van der Waals surface area contributed by atoms with Crippen LogP contribution in [0.1, 0.15) is 25.0 Å². The fourth-order valence-electron chi connectivity index (χ4n) is 10.6. The summed E-state index contributed by atoms with van der Waals surface area (Å²) in [7, 11) is 0. The number of benzene rings is 10. The van der Waals surface area contributed by atoms with Crippen LogP contribution in [0.25, 0.3) is 100 Å². The maximum absolute atomic E-state index is 5.25. The van der Waals surface area contributed by atoms with Crippen molar-refractivity contribution in [2.45, 2.75) is 19.3 Å². The number of anilines is 3. The van der Waals surface area contributed by atoms with Crippen molar-refractivity contribution in [3.63, 3.8) is 0 Å². The normalized spacial score (nSPS) is 12.4. The van der Waals surface area contributed by atoms with E-state index in [9.17, 15) is 0 Å². The van der Waals surface area contributed by atoms with Gasteiger partial charge in [0.05, 0.1) is 44.8 Å². The summed E-state index contributed by atoms with van der Waals surface area (Å²) in [6, 6.07) is 88.0. The monoisotopic (exact) mass is 921 g/mol. The minimum Gasteiger partial charge on any atom is -0.310 e. The van der Waals surface area contributed by atoms with Crippen molar-refractivity contribution in [3.05, 3.63) is 260 Å². The van der Waals surface area contributed by atoms with E-state index in [1.54, 1.807) is 0 Å². The summed E-state index contributed by atoms with van der Waals surface area (Å²) < 4.78 is 0. The van der Waals surface area contributed by atoms with Gasteiger partial charge in [0.15, 0.2) is 0 Å². The van der Waals surface area contributed by atoms with Crippen LogP contribution in [0.15, 0.2) is 249 Å². The SMILES string of the molecule is CC1(C)c2ccccc2-c2ccc(N(c3cccc(-c4cccc(-c5nc6ccccc6nc5-c5ccccc5)c4)c3)c3cccc(-c4cccc(-c5nc6ccccc6nc5-c5ccccc5)c4)c3)cc21. The van der Waals surface area contributed by atoms with Gasteiger partial charge in [-0.05, 0) is 117 Å². The molecule has 12 aromatic rings. The van der Waals surface area contributed by atoms with Gasteiger partial charge in [0.2, 0.25) is 0 Å². The topological polar surface area (TPSA) is 54.8 Å². The van der Waals surface area contributed by atoms with Crippen molar-refractivity contribution in [1.29, 1.82) is 0 Å². The highest BCUT2D eigenvalue weighted by atomic mass is 15.1. The molecular formula is C67H47N5. The lowest BCUT2D eigenvalue weighted by molar-refractivity contribution is 0.660. The van der Waals surface area contributed by atoms with Gasteiger partial charge in [-0.3, -0.25) is 0 Å². The first kappa shape index (κ1) is 42.8. The van der Waals surface area contributed by atoms with Gasteiger partial charge in [0, 0.05) is 44.7 Å². The average Bonchev–Trinajstić information content (AvgIpc) is 3.68. The maximum Gasteiger partial charge on any atom is 0.0973 e. The molecule has 0 aliphatic heterocycles. The summed E-state index contributed by atoms with van der Waals surface area (Å²) in [5, 5.41) is 0. The summed E-state index contributed by atoms with van der Waals surface area (Å²) in [4.78, 5) is 23.3. The first-order chi connectivity index (χ1) is 35.4. The summed E-state index contributed by atoms with van der Waals surface area (Å²) in [6.07, 6.45) is 0. The Morgan fingerprint density at radius 1 is 0.264 bits per heavy atom. The molecule has 2 heterocycles. The van der Waals surface area contributed by atoms with Crippen molar-refractivity contribution in [2.75, 3.05) is 4.90 Å². The van der Waals surface area contributed by atoms with Gasteiger partial charge in [-0.1, -0.05) is 190 Å². The number of rotatable bonds is 9. The quantitative estimate of drug-likeness (QED) is 0.144. The smallest absolute Gasteiger partial charge is 0.0973 e. The standard InChI is InChI=1S/C67H47N5/c1-67(2)57-32-10-9-31-55(57)56-38-37-54(43-58(56)67)72(52-29-17-25-48(41-52)46-23-15-27-50(39-46)65-63(44-19-5-3-6-20-44)68-59-33-11-13-35-61(59)70-65)53-30-18-26-49(42-53)47-24-16-28-51(40-47)66-64(45-21-7-4-8-22-45)69-60-34-12-14-36-62(60)71-66/h3-43H,1-2H3. The number of fused-ring (bicyclic) bond motifs is 5. The van der Waals surface area contributed by atoms with E-state index < -0.39 is 0 Å². The van der Waals surface area contributed by atoms with Crippen LogP contribution in [-0.4, -0.2) is 19.9 Å². The van der Waals surface area contributed by atoms with Gasteiger partial charge in [-0.2, -0.15) is 0 Å². The summed E-state index contributed by atoms with van der Waals surface area (Å²) in [5.74, 6) is 0. The van der Waals surface area contributed by atoms with E-state index in [-0.39, 0.29) is 5.41 Å². The van der Waals surface area contributed by atoms with Gasteiger partial charge in [0.25, 0.3) is 0 Å². The molecule has 0 spiro atoms. The van der Waals surface area contributed by atoms with Crippen LogP contribution in [-0.2, 0) is 5.41 Å². The molecule has 0 amide bonds. The molecule has 5 heteroatoms. The molecule has 5 nitrogen and oxygen atoms in total. The van der Waals surface area contributed by atoms with Crippen molar-refractivity contribution in [1.82, 2.24) is 19.9 Å². The van der Waals surface area contributed by atoms with Crippen molar-refractivity contribution < 1.29 is 0 Å². The van der Waals surface area contributed by atoms with Gasteiger partial charge in [-0.15, -0.1) is 0 Å². The molecule has 72 heavy (non-hydrogen) atoms. The molecule has 0 radical (unpaired) electrons. The molecule has 10 aromatic carbocycles. The zero-order valence-corrected chi connectivity index (χ0v) is 39.9. The van der Waals surface area contributed by atoms with Crippen LogP contribution < -0.4 is 4.90 Å². The van der Waals surface area contributed by atoms with Gasteiger partial charge >= 0.3 is 0 Å². The van der Waals surface area contributed by atoms with E-state index in [4.69, 9.17) is 19.9 Å². The zero-order chi connectivity index (χ0) is 48.2. The molecule has 1 aliphatic carbocycles. The third-order valence-electron chi connectivity index (χ3n) is 14.2. The Kier molecular flexibility index (Phi) is 10.4. The van der Waals surface area contributed by atoms with Crippen LogP contribution in [0.2, 0.25) is 0 Å². The fourth-order valence-corrected chi connectivity index (χ4v) is 10.6. The Balaban J connectivity index is 0.936. The first-order valence-corrected chi connectivity index (χ1v) is 24.5. The summed E-state index contributed by atoms with van der Waals surface area (Å²) >= 11 is 0. The van der Waals surface area contributed by atoms with Crippen molar-refractivity contribution >= 4 is 39.1 Å². The second-order valence-electron chi connectivity index (χ2n) is 19.0. The highest BCUT2D eigenvalue weighted by Crippen LogP contribution is 2.51. The molecular weight excluding hydrogens is 875 g/mol. The lowest BCUT2D eigenvalue weighted by atomic mass is 9.82. The molecule has 0 saturated carbocycles. The molecule has 0 fully saturated rings. The van der Waals surface area contributed by atoms with E-state index in [2.05, 4.69) is 207 Å². The first-order valence-electron chi connectivity index (χ1n) is 24.5. The number of hydrogen-bond acceptors (Lipinski definition) is 5. The Hall–Kier alpha value is -9.32. The number of nitrogens with zero attached hydrogens (tertiary/aromatic N) is 5. The van der Waals surface area contributed by atoms with Crippen LogP contribution in [0.5, 0.6) is 0 Å². The lowest BCUT2D eigenvalue weighted by Crippen LogP contribution is -2.16. The van der Waals surface area contributed by atoms with Gasteiger partial charge in [0.1, 0.15) is 0 Å². The zero-order valence-electron chi connectivity index (χ0n) is 39.9. The Morgan fingerprint density at radius 3 is 1.10 bits per heavy atom. The van der Waals surface area contributed by atoms with E-state index in [0.717, 1.165) is 106 Å². The van der Waals surface area contributed by atoms with Crippen LogP contribution in [0.4, 0.5) is 17.1 Å². The molecule has 2 aromatic heterocycles. The maximum atomic E-state index is 5.25. The van der Waals surface area contributed by atoms with Gasteiger partial charge < -0.3 is 4.90 Å². The Labute approximate surface area is 419 Å². The van der Waals surface area contributed by atoms with Crippen LogP contribution >= 0.6 is 0 Å². The third kappa shape index (κ3) is 7.60. The second-order valence-corrected chi connectivity index (χ2v) is 19.0. The average molecular weight is 922 g/mol. The van der Waals surface area contributed by atoms with E-state index in [1.807, 2.05) is 60.7 Å². The molecule has 0 bridgehead atoms. The van der Waals surface area contributed by atoms with E-state index in [0.29, 0.717) is 0 Å². The molecule has 0 atom stereocenters. The predicted octanol–water partition coefficient (Wildman–Crippen LogP) is 17.4. The summed E-state index contributed by atoms with van der Waals surface area (Å²) in [6.45, 7) is 4.69. The number of aromatic nitrogens is 4. The largest absolute Gasteiger partial charge is 0.310 e.